The van der Waals surface area contributed by atoms with Gasteiger partial charge in [-0.05, 0) is 75.9 Å². The first-order valence-electron chi connectivity index (χ1n) is 7.60. The molecule has 1 aromatic rings. The number of rotatable bonds is 4. The van der Waals surface area contributed by atoms with Gasteiger partial charge < -0.3 is 10.6 Å². The molecule has 2 rings (SSSR count). The Labute approximate surface area is 118 Å². The smallest absolute Gasteiger partial charge is 0.0335 e. The van der Waals surface area contributed by atoms with Gasteiger partial charge >= 0.3 is 0 Å². The summed E-state index contributed by atoms with van der Waals surface area (Å²) in [6.45, 7) is 7.83. The van der Waals surface area contributed by atoms with Crippen LogP contribution in [-0.4, -0.2) is 19.6 Å². The van der Waals surface area contributed by atoms with Crippen LogP contribution in [-0.2, 0) is 0 Å². The van der Waals surface area contributed by atoms with Crippen molar-refractivity contribution in [2.75, 3.05) is 13.6 Å². The summed E-state index contributed by atoms with van der Waals surface area (Å²) in [5.41, 5.74) is 5.68. The van der Waals surface area contributed by atoms with Crippen LogP contribution in [0.2, 0.25) is 0 Å². The lowest BCUT2D eigenvalue weighted by Gasteiger charge is -2.29. The Bertz CT molecular complexity index is 420. The molecule has 2 atom stereocenters. The van der Waals surface area contributed by atoms with Crippen LogP contribution in [0.15, 0.2) is 12.1 Å². The maximum atomic E-state index is 3.66. The molecular weight excluding hydrogens is 232 g/mol. The fourth-order valence-corrected chi connectivity index (χ4v) is 3.17. The Morgan fingerprint density at radius 2 is 1.89 bits per heavy atom. The molecule has 2 unspecified atom stereocenters. The minimum Gasteiger partial charge on any atom is -0.314 e. The zero-order valence-electron chi connectivity index (χ0n) is 12.8. The third-order valence-corrected chi connectivity index (χ3v) is 4.54. The molecule has 1 aliphatic rings. The minimum atomic E-state index is 0.467. The van der Waals surface area contributed by atoms with Crippen molar-refractivity contribution in [2.24, 2.45) is 0 Å². The monoisotopic (exact) mass is 260 g/mol. The molecule has 106 valence electrons. The number of piperidine rings is 1. The Morgan fingerprint density at radius 3 is 2.53 bits per heavy atom. The van der Waals surface area contributed by atoms with Crippen molar-refractivity contribution in [1.29, 1.82) is 0 Å². The summed E-state index contributed by atoms with van der Waals surface area (Å²) in [5.74, 6) is 0. The topological polar surface area (TPSA) is 24.1 Å². The van der Waals surface area contributed by atoms with Gasteiger partial charge in [-0.15, -0.1) is 0 Å². The fraction of sp³-hybridized carbons (Fsp3) is 0.647. The first-order valence-corrected chi connectivity index (χ1v) is 7.60. The molecule has 0 radical (unpaired) electrons. The first-order chi connectivity index (χ1) is 9.11. The van der Waals surface area contributed by atoms with E-state index in [-0.39, 0.29) is 0 Å². The maximum absolute atomic E-state index is 3.66. The standard InChI is InChI=1S/C17H28N2/c1-12-9-14(3)16(10-13(12)2)17(18-4)11-15-7-5-6-8-19-15/h9-10,15,17-19H,5-8,11H2,1-4H3. The zero-order chi connectivity index (χ0) is 13.8. The van der Waals surface area contributed by atoms with Gasteiger partial charge in [0.05, 0.1) is 0 Å². The van der Waals surface area contributed by atoms with Gasteiger partial charge in [0.1, 0.15) is 0 Å². The lowest BCUT2D eigenvalue weighted by atomic mass is 9.90. The Hall–Kier alpha value is -0.860. The highest BCUT2D eigenvalue weighted by Crippen LogP contribution is 2.26. The van der Waals surface area contributed by atoms with Gasteiger partial charge in [0.25, 0.3) is 0 Å². The molecule has 1 heterocycles. The van der Waals surface area contributed by atoms with E-state index in [0.29, 0.717) is 12.1 Å². The third kappa shape index (κ3) is 3.58. The molecule has 2 N–H and O–H groups in total. The molecule has 2 heteroatoms. The summed E-state index contributed by atoms with van der Waals surface area (Å²) in [5, 5.41) is 7.17. The van der Waals surface area contributed by atoms with Crippen LogP contribution in [0, 0.1) is 20.8 Å². The second kappa shape index (κ2) is 6.53. The summed E-state index contributed by atoms with van der Waals surface area (Å²) in [6, 6.07) is 5.83. The largest absolute Gasteiger partial charge is 0.314 e. The molecular formula is C17H28N2. The van der Waals surface area contributed by atoms with Crippen molar-refractivity contribution >= 4 is 0 Å². The van der Waals surface area contributed by atoms with Crippen molar-refractivity contribution in [3.8, 4) is 0 Å². The third-order valence-electron chi connectivity index (χ3n) is 4.54. The van der Waals surface area contributed by atoms with Crippen molar-refractivity contribution in [2.45, 2.75) is 58.5 Å². The summed E-state index contributed by atoms with van der Waals surface area (Å²) in [4.78, 5) is 0. The number of nitrogens with one attached hydrogen (secondary N) is 2. The molecule has 1 aromatic carbocycles. The Morgan fingerprint density at radius 1 is 1.16 bits per heavy atom. The molecule has 0 aliphatic carbocycles. The zero-order valence-corrected chi connectivity index (χ0v) is 12.8. The molecule has 19 heavy (non-hydrogen) atoms. The van der Waals surface area contributed by atoms with Gasteiger partial charge in [0, 0.05) is 12.1 Å². The molecule has 0 amide bonds. The summed E-state index contributed by atoms with van der Waals surface area (Å²) in [7, 11) is 2.09. The van der Waals surface area contributed by atoms with Crippen molar-refractivity contribution in [3.05, 3.63) is 34.4 Å². The normalized spacial score (nSPS) is 21.4. The summed E-state index contributed by atoms with van der Waals surface area (Å²) in [6.07, 6.45) is 5.23. The van der Waals surface area contributed by atoms with Crippen molar-refractivity contribution in [3.63, 3.8) is 0 Å². The fourth-order valence-electron chi connectivity index (χ4n) is 3.17. The van der Waals surface area contributed by atoms with E-state index in [0.717, 1.165) is 0 Å². The number of hydrogen-bond donors (Lipinski definition) is 2. The second-order valence-electron chi connectivity index (χ2n) is 6.02. The van der Waals surface area contributed by atoms with Gasteiger partial charge in [-0.1, -0.05) is 18.6 Å². The molecule has 0 aromatic heterocycles. The lowest BCUT2D eigenvalue weighted by Crippen LogP contribution is -2.37. The van der Waals surface area contributed by atoms with Crippen molar-refractivity contribution < 1.29 is 0 Å². The van der Waals surface area contributed by atoms with E-state index in [1.165, 1.54) is 54.5 Å². The molecule has 0 bridgehead atoms. The predicted molar refractivity (Wildman–Crippen MR) is 82.7 cm³/mol. The average Bonchev–Trinajstić information content (AvgIpc) is 2.42. The summed E-state index contributed by atoms with van der Waals surface area (Å²) < 4.78 is 0. The van der Waals surface area contributed by atoms with Crippen molar-refractivity contribution in [1.82, 2.24) is 10.6 Å². The molecule has 1 saturated heterocycles. The minimum absolute atomic E-state index is 0.467. The van der Waals surface area contributed by atoms with E-state index >= 15 is 0 Å². The molecule has 2 nitrogen and oxygen atoms in total. The van der Waals surface area contributed by atoms with E-state index in [9.17, 15) is 0 Å². The Balaban J connectivity index is 2.14. The molecule has 1 fully saturated rings. The quantitative estimate of drug-likeness (QED) is 0.867. The van der Waals surface area contributed by atoms with Crippen LogP contribution in [0.25, 0.3) is 0 Å². The van der Waals surface area contributed by atoms with Gasteiger partial charge in [-0.3, -0.25) is 0 Å². The highest BCUT2D eigenvalue weighted by molar-refractivity contribution is 5.38. The number of benzene rings is 1. The van der Waals surface area contributed by atoms with Crippen LogP contribution >= 0.6 is 0 Å². The molecule has 0 spiro atoms. The summed E-state index contributed by atoms with van der Waals surface area (Å²) >= 11 is 0. The SMILES string of the molecule is CNC(CC1CCCCN1)c1cc(C)c(C)cc1C. The molecule has 1 aliphatic heterocycles. The highest BCUT2D eigenvalue weighted by atomic mass is 14.9. The number of hydrogen-bond acceptors (Lipinski definition) is 2. The van der Waals surface area contributed by atoms with E-state index in [2.05, 4.69) is 50.6 Å². The van der Waals surface area contributed by atoms with E-state index < -0.39 is 0 Å². The predicted octanol–water partition coefficient (Wildman–Crippen LogP) is 3.40. The van der Waals surface area contributed by atoms with Gasteiger partial charge in [-0.25, -0.2) is 0 Å². The van der Waals surface area contributed by atoms with Gasteiger partial charge in [-0.2, -0.15) is 0 Å². The van der Waals surface area contributed by atoms with E-state index in [1.54, 1.807) is 0 Å². The van der Waals surface area contributed by atoms with Crippen LogP contribution in [0.4, 0.5) is 0 Å². The molecule has 0 saturated carbocycles. The van der Waals surface area contributed by atoms with Crippen LogP contribution in [0.3, 0.4) is 0 Å². The lowest BCUT2D eigenvalue weighted by molar-refractivity contribution is 0.346. The van der Waals surface area contributed by atoms with Crippen LogP contribution in [0.5, 0.6) is 0 Å². The van der Waals surface area contributed by atoms with E-state index in [1.807, 2.05) is 0 Å². The first kappa shape index (κ1) is 14.5. The highest BCUT2D eigenvalue weighted by Gasteiger charge is 2.20. The Kier molecular flexibility index (Phi) is 5.00. The number of aryl methyl sites for hydroxylation is 3. The maximum Gasteiger partial charge on any atom is 0.0335 e. The van der Waals surface area contributed by atoms with Gasteiger partial charge in [0.15, 0.2) is 0 Å². The van der Waals surface area contributed by atoms with Crippen LogP contribution < -0.4 is 10.6 Å². The second-order valence-corrected chi connectivity index (χ2v) is 6.02. The average molecular weight is 260 g/mol. The van der Waals surface area contributed by atoms with E-state index in [4.69, 9.17) is 0 Å². The van der Waals surface area contributed by atoms with Gasteiger partial charge in [0.2, 0.25) is 0 Å². The van der Waals surface area contributed by atoms with Crippen LogP contribution in [0.1, 0.15) is 54.0 Å².